The van der Waals surface area contributed by atoms with Gasteiger partial charge in [-0.05, 0) is 36.5 Å². The fourth-order valence-corrected chi connectivity index (χ4v) is 2.64. The zero-order chi connectivity index (χ0) is 17.4. The molecule has 6 heteroatoms. The first kappa shape index (κ1) is 21.5. The summed E-state index contributed by atoms with van der Waals surface area (Å²) >= 11 is 0. The topological polar surface area (TPSA) is 45.5 Å². The van der Waals surface area contributed by atoms with Crippen molar-refractivity contribution in [2.75, 3.05) is 20.6 Å². The fraction of sp³-hybridized carbons (Fsp3) is 0.474. The van der Waals surface area contributed by atoms with E-state index in [0.29, 0.717) is 0 Å². The molecule has 0 saturated heterocycles. The number of rotatable bonds is 7. The molecule has 25 heavy (non-hydrogen) atoms. The van der Waals surface area contributed by atoms with Crippen molar-refractivity contribution in [1.29, 1.82) is 0 Å². The van der Waals surface area contributed by atoms with Crippen molar-refractivity contribution in [1.82, 2.24) is 20.0 Å². The highest BCUT2D eigenvalue weighted by Crippen LogP contribution is 2.07. The maximum absolute atomic E-state index is 4.38. The molecule has 2 aromatic rings. The Kier molecular flexibility index (Phi) is 9.55. The third-order valence-corrected chi connectivity index (χ3v) is 4.03. The molecule has 2 rings (SSSR count). The Morgan fingerprint density at radius 3 is 2.48 bits per heavy atom. The average molecular weight is 455 g/mol. The Morgan fingerprint density at radius 2 is 1.92 bits per heavy atom. The SMILES string of the molecule is CCc1ccc(CN(C)C(=NC)NCCCn2cc(C)cn2)cc1.I. The van der Waals surface area contributed by atoms with E-state index in [1.807, 2.05) is 17.9 Å². The van der Waals surface area contributed by atoms with Crippen molar-refractivity contribution in [2.45, 2.75) is 39.8 Å². The van der Waals surface area contributed by atoms with Crippen LogP contribution in [0, 0.1) is 6.92 Å². The highest BCUT2D eigenvalue weighted by molar-refractivity contribution is 14.0. The molecular weight excluding hydrogens is 425 g/mol. The van der Waals surface area contributed by atoms with Crippen LogP contribution in [-0.2, 0) is 19.5 Å². The minimum atomic E-state index is 0. The summed E-state index contributed by atoms with van der Waals surface area (Å²) in [5, 5.41) is 7.73. The second-order valence-corrected chi connectivity index (χ2v) is 6.13. The molecule has 1 N–H and O–H groups in total. The molecule has 1 aromatic heterocycles. The molecule has 0 radical (unpaired) electrons. The first-order valence-electron chi connectivity index (χ1n) is 8.61. The lowest BCUT2D eigenvalue weighted by Crippen LogP contribution is -2.39. The fourth-order valence-electron chi connectivity index (χ4n) is 2.64. The lowest BCUT2D eigenvalue weighted by molar-refractivity contribution is 0.471. The highest BCUT2D eigenvalue weighted by Gasteiger charge is 2.06. The summed E-state index contributed by atoms with van der Waals surface area (Å²) < 4.78 is 1.98. The second kappa shape index (κ2) is 11.1. The number of hydrogen-bond acceptors (Lipinski definition) is 2. The molecule has 0 aliphatic rings. The van der Waals surface area contributed by atoms with Gasteiger partial charge in [0.1, 0.15) is 0 Å². The van der Waals surface area contributed by atoms with Crippen LogP contribution in [0.25, 0.3) is 0 Å². The van der Waals surface area contributed by atoms with Gasteiger partial charge >= 0.3 is 0 Å². The van der Waals surface area contributed by atoms with Gasteiger partial charge < -0.3 is 10.2 Å². The summed E-state index contributed by atoms with van der Waals surface area (Å²) in [6.45, 7) is 6.88. The van der Waals surface area contributed by atoms with Crippen molar-refractivity contribution in [3.63, 3.8) is 0 Å². The normalized spacial score (nSPS) is 11.1. The molecule has 138 valence electrons. The highest BCUT2D eigenvalue weighted by atomic mass is 127. The van der Waals surface area contributed by atoms with Gasteiger partial charge in [-0.25, -0.2) is 0 Å². The molecule has 0 fully saturated rings. The molecule has 0 saturated carbocycles. The summed E-state index contributed by atoms with van der Waals surface area (Å²) in [5.41, 5.74) is 3.87. The maximum atomic E-state index is 4.38. The Bertz CT molecular complexity index is 648. The van der Waals surface area contributed by atoms with Gasteiger partial charge in [0.25, 0.3) is 0 Å². The Balaban J connectivity index is 0.00000312. The van der Waals surface area contributed by atoms with E-state index >= 15 is 0 Å². The van der Waals surface area contributed by atoms with Crippen molar-refractivity contribution >= 4 is 29.9 Å². The third-order valence-electron chi connectivity index (χ3n) is 4.03. The molecule has 1 heterocycles. The van der Waals surface area contributed by atoms with E-state index in [2.05, 4.69) is 71.7 Å². The number of benzene rings is 1. The van der Waals surface area contributed by atoms with Crippen LogP contribution in [0.2, 0.25) is 0 Å². The minimum Gasteiger partial charge on any atom is -0.356 e. The van der Waals surface area contributed by atoms with Crippen molar-refractivity contribution in [3.05, 3.63) is 53.3 Å². The maximum Gasteiger partial charge on any atom is 0.193 e. The predicted molar refractivity (Wildman–Crippen MR) is 116 cm³/mol. The number of halogens is 1. The molecule has 0 atom stereocenters. The number of aliphatic imine (C=N–C) groups is 1. The molecular formula is C19H30IN5. The molecule has 0 aliphatic heterocycles. The first-order valence-corrected chi connectivity index (χ1v) is 8.61. The van der Waals surface area contributed by atoms with Crippen molar-refractivity contribution < 1.29 is 0 Å². The van der Waals surface area contributed by atoms with Crippen molar-refractivity contribution in [3.8, 4) is 0 Å². The van der Waals surface area contributed by atoms with Crippen LogP contribution < -0.4 is 5.32 Å². The van der Waals surface area contributed by atoms with Gasteiger partial charge in [-0.15, -0.1) is 24.0 Å². The number of hydrogen-bond donors (Lipinski definition) is 1. The summed E-state index contributed by atoms with van der Waals surface area (Å²) in [6, 6.07) is 8.79. The first-order chi connectivity index (χ1) is 11.6. The minimum absolute atomic E-state index is 0. The zero-order valence-corrected chi connectivity index (χ0v) is 18.0. The van der Waals surface area contributed by atoms with E-state index in [9.17, 15) is 0 Å². The second-order valence-electron chi connectivity index (χ2n) is 6.13. The summed E-state index contributed by atoms with van der Waals surface area (Å²) in [6.07, 6.45) is 6.05. The van der Waals surface area contributed by atoms with Crippen LogP contribution in [0.15, 0.2) is 41.7 Å². The van der Waals surface area contributed by atoms with Crippen LogP contribution in [0.1, 0.15) is 30.0 Å². The summed E-state index contributed by atoms with van der Waals surface area (Å²) in [5.74, 6) is 0.922. The molecule has 0 amide bonds. The van der Waals surface area contributed by atoms with Crippen LogP contribution >= 0.6 is 24.0 Å². The average Bonchev–Trinajstić information content (AvgIpc) is 3.01. The molecule has 5 nitrogen and oxygen atoms in total. The van der Waals surface area contributed by atoms with Gasteiger partial charge in [0.05, 0.1) is 6.20 Å². The smallest absolute Gasteiger partial charge is 0.193 e. The quantitative estimate of drug-likeness (QED) is 0.301. The molecule has 0 aliphatic carbocycles. The monoisotopic (exact) mass is 455 g/mol. The van der Waals surface area contributed by atoms with Gasteiger partial charge in [0.15, 0.2) is 5.96 Å². The van der Waals surface area contributed by atoms with Crippen LogP contribution in [0.5, 0.6) is 0 Å². The van der Waals surface area contributed by atoms with E-state index in [0.717, 1.165) is 38.4 Å². The number of nitrogens with one attached hydrogen (secondary N) is 1. The Hall–Kier alpha value is -1.57. The zero-order valence-electron chi connectivity index (χ0n) is 15.7. The van der Waals surface area contributed by atoms with E-state index < -0.39 is 0 Å². The Labute approximate surface area is 168 Å². The standard InChI is InChI=1S/C19H29N5.HI/c1-5-17-7-9-18(10-8-17)15-23(4)19(20-3)21-11-6-12-24-14-16(2)13-22-24;/h7-10,13-14H,5-6,11-12,15H2,1-4H3,(H,20,21);1H. The third kappa shape index (κ3) is 7.05. The van der Waals surface area contributed by atoms with E-state index in [1.165, 1.54) is 16.7 Å². The number of nitrogens with zero attached hydrogens (tertiary/aromatic N) is 4. The van der Waals surface area contributed by atoms with Crippen LogP contribution in [-0.4, -0.2) is 41.3 Å². The van der Waals surface area contributed by atoms with Crippen molar-refractivity contribution in [2.24, 2.45) is 4.99 Å². The van der Waals surface area contributed by atoms with Crippen LogP contribution in [0.4, 0.5) is 0 Å². The van der Waals surface area contributed by atoms with Gasteiger partial charge in [-0.3, -0.25) is 9.67 Å². The van der Waals surface area contributed by atoms with Gasteiger partial charge in [-0.2, -0.15) is 5.10 Å². The van der Waals surface area contributed by atoms with Gasteiger partial charge in [0.2, 0.25) is 0 Å². The predicted octanol–water partition coefficient (Wildman–Crippen LogP) is 3.47. The van der Waals surface area contributed by atoms with Crippen LogP contribution in [0.3, 0.4) is 0 Å². The molecule has 0 unspecified atom stereocenters. The number of guanidine groups is 1. The Morgan fingerprint density at radius 1 is 1.24 bits per heavy atom. The van der Waals surface area contributed by atoms with E-state index in [4.69, 9.17) is 0 Å². The van der Waals surface area contributed by atoms with E-state index in [1.54, 1.807) is 0 Å². The molecule has 1 aromatic carbocycles. The number of aryl methyl sites for hydroxylation is 3. The molecule has 0 spiro atoms. The van der Waals surface area contributed by atoms with Gasteiger partial charge in [0, 0.05) is 39.9 Å². The lowest BCUT2D eigenvalue weighted by Gasteiger charge is -2.22. The summed E-state index contributed by atoms with van der Waals surface area (Å²) in [4.78, 5) is 6.53. The number of aromatic nitrogens is 2. The lowest BCUT2D eigenvalue weighted by atomic mass is 10.1. The van der Waals surface area contributed by atoms with Gasteiger partial charge in [-0.1, -0.05) is 31.2 Å². The summed E-state index contributed by atoms with van der Waals surface area (Å²) in [7, 11) is 3.90. The largest absolute Gasteiger partial charge is 0.356 e. The molecule has 0 bridgehead atoms. The van der Waals surface area contributed by atoms with E-state index in [-0.39, 0.29) is 24.0 Å².